The standard InChI is InChI=1S/C14H15BrF3N3/c1-13(2,19-3)12-7-20-8-21(12)9-4-5-11(15)10(6-9)14(16,17)18/h4-8,19H,1-3H3. The van der Waals surface area contributed by atoms with E-state index in [1.165, 1.54) is 12.4 Å². The van der Waals surface area contributed by atoms with Gasteiger partial charge in [0.25, 0.3) is 0 Å². The van der Waals surface area contributed by atoms with Crippen LogP contribution in [-0.4, -0.2) is 16.6 Å². The predicted molar refractivity (Wildman–Crippen MR) is 78.4 cm³/mol. The number of alkyl halides is 3. The van der Waals surface area contributed by atoms with Crippen molar-refractivity contribution in [2.45, 2.75) is 25.6 Å². The molecule has 7 heteroatoms. The number of nitrogens with one attached hydrogen (secondary N) is 1. The van der Waals surface area contributed by atoms with Gasteiger partial charge in [0, 0.05) is 10.2 Å². The molecule has 0 amide bonds. The molecule has 1 heterocycles. The van der Waals surface area contributed by atoms with Gasteiger partial charge in [-0.1, -0.05) is 15.9 Å². The largest absolute Gasteiger partial charge is 0.417 e. The minimum absolute atomic E-state index is 0.0216. The molecule has 21 heavy (non-hydrogen) atoms. The van der Waals surface area contributed by atoms with Gasteiger partial charge in [0.2, 0.25) is 0 Å². The minimum atomic E-state index is -4.41. The summed E-state index contributed by atoms with van der Waals surface area (Å²) in [6.45, 7) is 3.87. The van der Waals surface area contributed by atoms with E-state index >= 15 is 0 Å². The summed E-state index contributed by atoms with van der Waals surface area (Å²) in [7, 11) is 1.79. The molecular weight excluding hydrogens is 347 g/mol. The summed E-state index contributed by atoms with van der Waals surface area (Å²) in [5.41, 5.74) is 0.0748. The van der Waals surface area contributed by atoms with E-state index in [-0.39, 0.29) is 4.47 Å². The topological polar surface area (TPSA) is 29.9 Å². The van der Waals surface area contributed by atoms with Crippen LogP contribution in [0.4, 0.5) is 13.2 Å². The van der Waals surface area contributed by atoms with Crippen molar-refractivity contribution in [1.82, 2.24) is 14.9 Å². The smallest absolute Gasteiger partial charge is 0.310 e. The molecule has 0 spiro atoms. The molecule has 0 radical (unpaired) electrons. The Balaban J connectivity index is 2.57. The first kappa shape index (κ1) is 16.0. The predicted octanol–water partition coefficient (Wildman–Crippen LogP) is 4.11. The molecule has 1 aromatic heterocycles. The number of benzene rings is 1. The second-order valence-electron chi connectivity index (χ2n) is 5.19. The lowest BCUT2D eigenvalue weighted by atomic mass is 10.0. The van der Waals surface area contributed by atoms with Gasteiger partial charge in [0.05, 0.1) is 29.3 Å². The van der Waals surface area contributed by atoms with Gasteiger partial charge in [-0.25, -0.2) is 4.98 Å². The highest BCUT2D eigenvalue weighted by atomic mass is 79.9. The van der Waals surface area contributed by atoms with E-state index in [9.17, 15) is 13.2 Å². The van der Waals surface area contributed by atoms with Crippen molar-refractivity contribution in [3.05, 3.63) is 46.5 Å². The Morgan fingerprint density at radius 3 is 2.48 bits per heavy atom. The van der Waals surface area contributed by atoms with Crippen LogP contribution in [-0.2, 0) is 11.7 Å². The maximum atomic E-state index is 13.0. The molecule has 0 aliphatic rings. The Kier molecular flexibility index (Phi) is 4.17. The lowest BCUT2D eigenvalue weighted by molar-refractivity contribution is -0.138. The highest BCUT2D eigenvalue weighted by Crippen LogP contribution is 2.36. The van der Waals surface area contributed by atoms with Crippen molar-refractivity contribution >= 4 is 15.9 Å². The van der Waals surface area contributed by atoms with E-state index in [4.69, 9.17) is 0 Å². The number of nitrogens with zero attached hydrogens (tertiary/aromatic N) is 2. The Hall–Kier alpha value is -1.34. The van der Waals surface area contributed by atoms with Crippen LogP contribution in [0.15, 0.2) is 35.2 Å². The van der Waals surface area contributed by atoms with Gasteiger partial charge in [-0.2, -0.15) is 13.2 Å². The van der Waals surface area contributed by atoms with Crippen LogP contribution in [0.25, 0.3) is 5.69 Å². The number of hydrogen-bond donors (Lipinski definition) is 1. The van der Waals surface area contributed by atoms with E-state index in [1.807, 2.05) is 13.8 Å². The summed E-state index contributed by atoms with van der Waals surface area (Å²) in [5.74, 6) is 0. The average Bonchev–Trinajstić information content (AvgIpc) is 2.88. The van der Waals surface area contributed by atoms with Crippen molar-refractivity contribution in [2.24, 2.45) is 0 Å². The first-order valence-electron chi connectivity index (χ1n) is 6.25. The molecule has 0 unspecified atom stereocenters. The Bertz CT molecular complexity index is 647. The Labute approximate surface area is 129 Å². The summed E-state index contributed by atoms with van der Waals surface area (Å²) in [5, 5.41) is 3.12. The molecule has 2 rings (SSSR count). The molecule has 0 atom stereocenters. The van der Waals surface area contributed by atoms with Crippen molar-refractivity contribution in [1.29, 1.82) is 0 Å². The fourth-order valence-corrected chi connectivity index (χ4v) is 2.44. The van der Waals surface area contributed by atoms with Crippen molar-refractivity contribution in [2.75, 3.05) is 7.05 Å². The quantitative estimate of drug-likeness (QED) is 0.891. The van der Waals surface area contributed by atoms with Crippen molar-refractivity contribution in [3.63, 3.8) is 0 Å². The lowest BCUT2D eigenvalue weighted by Crippen LogP contribution is -2.35. The molecule has 0 bridgehead atoms. The van der Waals surface area contributed by atoms with Crippen molar-refractivity contribution < 1.29 is 13.2 Å². The normalized spacial score (nSPS) is 12.7. The van der Waals surface area contributed by atoms with Gasteiger partial charge in [0.1, 0.15) is 0 Å². The van der Waals surface area contributed by atoms with Crippen LogP contribution in [0, 0.1) is 0 Å². The zero-order chi connectivity index (χ0) is 15.8. The number of hydrogen-bond acceptors (Lipinski definition) is 2. The van der Waals surface area contributed by atoms with Gasteiger partial charge in [-0.3, -0.25) is 0 Å². The van der Waals surface area contributed by atoms with Gasteiger partial charge in [-0.05, 0) is 39.1 Å². The zero-order valence-electron chi connectivity index (χ0n) is 11.8. The molecular formula is C14H15BrF3N3. The number of rotatable bonds is 3. The fraction of sp³-hybridized carbons (Fsp3) is 0.357. The van der Waals surface area contributed by atoms with Gasteiger partial charge in [-0.15, -0.1) is 0 Å². The van der Waals surface area contributed by atoms with Crippen LogP contribution >= 0.6 is 15.9 Å². The molecule has 114 valence electrons. The van der Waals surface area contributed by atoms with Gasteiger partial charge < -0.3 is 9.88 Å². The highest BCUT2D eigenvalue weighted by molar-refractivity contribution is 9.10. The van der Waals surface area contributed by atoms with E-state index in [0.717, 1.165) is 11.8 Å². The molecule has 2 aromatic rings. The molecule has 0 saturated heterocycles. The number of imidazole rings is 1. The molecule has 0 aliphatic heterocycles. The van der Waals surface area contributed by atoms with E-state index in [2.05, 4.69) is 26.2 Å². The number of halogens is 4. The monoisotopic (exact) mass is 361 g/mol. The Morgan fingerprint density at radius 2 is 1.90 bits per heavy atom. The third-order valence-electron chi connectivity index (χ3n) is 3.44. The maximum absolute atomic E-state index is 13.0. The summed E-state index contributed by atoms with van der Waals surface area (Å²) in [6.07, 6.45) is -1.25. The summed E-state index contributed by atoms with van der Waals surface area (Å²) in [4.78, 5) is 4.06. The third kappa shape index (κ3) is 3.13. The van der Waals surface area contributed by atoms with Crippen molar-refractivity contribution in [3.8, 4) is 5.69 Å². The molecule has 1 N–H and O–H groups in total. The minimum Gasteiger partial charge on any atom is -0.310 e. The zero-order valence-corrected chi connectivity index (χ0v) is 13.4. The van der Waals surface area contributed by atoms with Gasteiger partial charge in [0.15, 0.2) is 0 Å². The van der Waals surface area contributed by atoms with Crippen LogP contribution in [0.3, 0.4) is 0 Å². The van der Waals surface area contributed by atoms with E-state index in [0.29, 0.717) is 5.69 Å². The molecule has 1 aromatic carbocycles. The first-order chi connectivity index (χ1) is 9.66. The SMILES string of the molecule is CNC(C)(C)c1cncn1-c1ccc(Br)c(C(F)(F)F)c1. The summed E-state index contributed by atoms with van der Waals surface area (Å²) >= 11 is 2.94. The highest BCUT2D eigenvalue weighted by Gasteiger charge is 2.33. The van der Waals surface area contributed by atoms with Gasteiger partial charge >= 0.3 is 6.18 Å². The van der Waals surface area contributed by atoms with E-state index in [1.54, 1.807) is 23.9 Å². The van der Waals surface area contributed by atoms with Crippen LogP contribution in [0.2, 0.25) is 0 Å². The number of aromatic nitrogens is 2. The average molecular weight is 362 g/mol. The maximum Gasteiger partial charge on any atom is 0.417 e. The first-order valence-corrected chi connectivity index (χ1v) is 7.05. The third-order valence-corrected chi connectivity index (χ3v) is 4.13. The summed E-state index contributed by atoms with van der Waals surface area (Å²) in [6, 6.07) is 4.13. The molecule has 3 nitrogen and oxygen atoms in total. The van der Waals surface area contributed by atoms with E-state index < -0.39 is 17.3 Å². The van der Waals surface area contributed by atoms with Crippen LogP contribution in [0.1, 0.15) is 25.1 Å². The van der Waals surface area contributed by atoms with Crippen LogP contribution < -0.4 is 5.32 Å². The lowest BCUT2D eigenvalue weighted by Gasteiger charge is -2.25. The second-order valence-corrected chi connectivity index (χ2v) is 6.04. The fourth-order valence-electron chi connectivity index (χ4n) is 1.97. The molecule has 0 fully saturated rings. The Morgan fingerprint density at radius 1 is 1.24 bits per heavy atom. The van der Waals surface area contributed by atoms with Crippen LogP contribution in [0.5, 0.6) is 0 Å². The summed E-state index contributed by atoms with van der Waals surface area (Å²) < 4.78 is 40.7. The molecule has 0 saturated carbocycles. The molecule has 0 aliphatic carbocycles. The second kappa shape index (κ2) is 5.46.